The second-order valence-corrected chi connectivity index (χ2v) is 9.20. The molecule has 0 spiro atoms. The summed E-state index contributed by atoms with van der Waals surface area (Å²) < 4.78 is 27.7. The van der Waals surface area contributed by atoms with Crippen molar-refractivity contribution in [2.75, 3.05) is 26.2 Å². The molecule has 8 heteroatoms. The molecular weight excluding hydrogens is 330 g/mol. The van der Waals surface area contributed by atoms with Gasteiger partial charge >= 0.3 is 0 Å². The Morgan fingerprint density at radius 1 is 1.38 bits per heavy atom. The van der Waals surface area contributed by atoms with Crippen LogP contribution >= 0.6 is 22.9 Å². The minimum atomic E-state index is -3.50. The van der Waals surface area contributed by atoms with Crippen LogP contribution in [0, 0.1) is 12.8 Å². The fraction of sp³-hybridized carbons (Fsp3) is 0.769. The number of nitrogens with zero attached hydrogens (tertiary/aromatic N) is 2. The molecule has 1 saturated heterocycles. The van der Waals surface area contributed by atoms with Crippen molar-refractivity contribution in [3.8, 4) is 0 Å². The third-order valence-electron chi connectivity index (χ3n) is 3.61. The van der Waals surface area contributed by atoms with Crippen LogP contribution in [0.2, 0.25) is 4.47 Å². The van der Waals surface area contributed by atoms with Crippen LogP contribution in [0.5, 0.6) is 0 Å². The van der Waals surface area contributed by atoms with Gasteiger partial charge in [0.15, 0.2) is 8.68 Å². The Bertz CT molecular complexity index is 568. The predicted molar refractivity (Wildman–Crippen MR) is 86.5 cm³/mol. The van der Waals surface area contributed by atoms with E-state index in [0.717, 1.165) is 31.0 Å². The van der Waals surface area contributed by atoms with Crippen LogP contribution in [0.4, 0.5) is 0 Å². The Labute approximate surface area is 135 Å². The van der Waals surface area contributed by atoms with Gasteiger partial charge in [-0.3, -0.25) is 0 Å². The number of hydrogen-bond acceptors (Lipinski definition) is 5. The zero-order valence-corrected chi connectivity index (χ0v) is 14.8. The van der Waals surface area contributed by atoms with Crippen molar-refractivity contribution in [3.05, 3.63) is 10.2 Å². The first-order valence-electron chi connectivity index (χ1n) is 7.23. The smallest absolute Gasteiger partial charge is 0.251 e. The van der Waals surface area contributed by atoms with Crippen molar-refractivity contribution in [1.29, 1.82) is 0 Å². The molecule has 21 heavy (non-hydrogen) atoms. The Hall–Kier alpha value is -0.210. The standard InChI is InChI=1S/C13H22ClN3O2S2/c1-10(9-17-6-4-3-5-7-17)8-15-21(18,19)12-11(2)16-13(14)20-12/h10,15H,3-9H2,1-2H3. The Balaban J connectivity index is 1.87. The highest BCUT2D eigenvalue weighted by Gasteiger charge is 2.22. The van der Waals surface area contributed by atoms with Gasteiger partial charge in [-0.1, -0.05) is 36.3 Å². The maximum Gasteiger partial charge on any atom is 0.251 e. The van der Waals surface area contributed by atoms with Gasteiger partial charge in [0.2, 0.25) is 0 Å². The van der Waals surface area contributed by atoms with Gasteiger partial charge in [0.05, 0.1) is 5.69 Å². The molecule has 1 atom stereocenters. The van der Waals surface area contributed by atoms with Crippen molar-refractivity contribution in [3.63, 3.8) is 0 Å². The maximum absolute atomic E-state index is 12.3. The summed E-state index contributed by atoms with van der Waals surface area (Å²) >= 11 is 6.77. The molecule has 1 unspecified atom stereocenters. The molecule has 1 aromatic rings. The molecule has 1 aromatic heterocycles. The van der Waals surface area contributed by atoms with E-state index in [-0.39, 0.29) is 14.6 Å². The molecule has 1 aliphatic heterocycles. The highest BCUT2D eigenvalue weighted by molar-refractivity contribution is 7.91. The summed E-state index contributed by atoms with van der Waals surface area (Å²) in [5.41, 5.74) is 0.459. The number of piperidine rings is 1. The van der Waals surface area contributed by atoms with Crippen LogP contribution in [0.15, 0.2) is 4.21 Å². The van der Waals surface area contributed by atoms with E-state index in [1.54, 1.807) is 6.92 Å². The Morgan fingerprint density at radius 2 is 2.05 bits per heavy atom. The zero-order chi connectivity index (χ0) is 15.5. The van der Waals surface area contributed by atoms with E-state index in [1.165, 1.54) is 19.3 Å². The van der Waals surface area contributed by atoms with Gasteiger partial charge in [-0.05, 0) is 38.8 Å². The number of nitrogens with one attached hydrogen (secondary N) is 1. The summed E-state index contributed by atoms with van der Waals surface area (Å²) in [5.74, 6) is 0.279. The van der Waals surface area contributed by atoms with Gasteiger partial charge in [-0.2, -0.15) is 0 Å². The first-order chi connectivity index (χ1) is 9.88. The molecule has 0 aromatic carbocycles. The Morgan fingerprint density at radius 3 is 2.62 bits per heavy atom. The maximum atomic E-state index is 12.3. The lowest BCUT2D eigenvalue weighted by Gasteiger charge is -2.29. The Kier molecular flexibility index (Phi) is 6.02. The topological polar surface area (TPSA) is 62.3 Å². The van der Waals surface area contributed by atoms with Gasteiger partial charge in [0.25, 0.3) is 10.0 Å². The fourth-order valence-electron chi connectivity index (χ4n) is 2.56. The number of hydrogen-bond donors (Lipinski definition) is 1. The van der Waals surface area contributed by atoms with Crippen molar-refractivity contribution in [1.82, 2.24) is 14.6 Å². The molecule has 5 nitrogen and oxygen atoms in total. The molecular formula is C13H22ClN3O2S2. The second-order valence-electron chi connectivity index (χ2n) is 5.66. The molecule has 1 aliphatic rings. The van der Waals surface area contributed by atoms with E-state index in [9.17, 15) is 8.42 Å². The predicted octanol–water partition coefficient (Wildman–Crippen LogP) is 2.51. The van der Waals surface area contributed by atoms with E-state index < -0.39 is 10.0 Å². The number of halogens is 1. The van der Waals surface area contributed by atoms with Crippen LogP contribution in [0.3, 0.4) is 0 Å². The van der Waals surface area contributed by atoms with E-state index >= 15 is 0 Å². The van der Waals surface area contributed by atoms with Gasteiger partial charge in [0, 0.05) is 13.1 Å². The summed E-state index contributed by atoms with van der Waals surface area (Å²) in [5, 5.41) is 0. The van der Waals surface area contributed by atoms with Crippen LogP contribution in [0.25, 0.3) is 0 Å². The first-order valence-corrected chi connectivity index (χ1v) is 9.91. The van der Waals surface area contributed by atoms with Gasteiger partial charge < -0.3 is 4.90 Å². The summed E-state index contributed by atoms with van der Waals surface area (Å²) in [4.78, 5) is 6.37. The number of aryl methyl sites for hydroxylation is 1. The van der Waals surface area contributed by atoms with Crippen LogP contribution < -0.4 is 4.72 Å². The lowest BCUT2D eigenvalue weighted by atomic mass is 10.1. The summed E-state index contributed by atoms with van der Waals surface area (Å²) in [6.07, 6.45) is 3.80. The normalized spacial score (nSPS) is 18.8. The van der Waals surface area contributed by atoms with Crippen LogP contribution in [-0.4, -0.2) is 44.5 Å². The summed E-state index contributed by atoms with van der Waals surface area (Å²) in [6, 6.07) is 0. The molecule has 1 fully saturated rings. The molecule has 1 N–H and O–H groups in total. The van der Waals surface area contributed by atoms with Crippen molar-refractivity contribution in [2.45, 2.75) is 37.3 Å². The third kappa shape index (κ3) is 4.89. The van der Waals surface area contributed by atoms with Crippen molar-refractivity contribution < 1.29 is 8.42 Å². The largest absolute Gasteiger partial charge is 0.303 e. The minimum Gasteiger partial charge on any atom is -0.303 e. The molecule has 0 amide bonds. The number of likely N-dealkylation sites (tertiary alicyclic amines) is 1. The quantitative estimate of drug-likeness (QED) is 0.855. The van der Waals surface area contributed by atoms with E-state index in [4.69, 9.17) is 11.6 Å². The van der Waals surface area contributed by atoms with E-state index in [2.05, 4.69) is 21.5 Å². The number of aromatic nitrogens is 1. The molecule has 0 saturated carbocycles. The van der Waals surface area contributed by atoms with E-state index in [0.29, 0.717) is 12.2 Å². The zero-order valence-electron chi connectivity index (χ0n) is 12.4. The van der Waals surface area contributed by atoms with Gasteiger partial charge in [-0.25, -0.2) is 18.1 Å². The number of sulfonamides is 1. The van der Waals surface area contributed by atoms with Crippen molar-refractivity contribution in [2.24, 2.45) is 5.92 Å². The highest BCUT2D eigenvalue weighted by atomic mass is 35.5. The van der Waals surface area contributed by atoms with E-state index in [1.807, 2.05) is 0 Å². The average Bonchev–Trinajstić information content (AvgIpc) is 2.78. The van der Waals surface area contributed by atoms with Crippen LogP contribution in [0.1, 0.15) is 31.9 Å². The fourth-order valence-corrected chi connectivity index (χ4v) is 5.51. The molecule has 0 bridgehead atoms. The average molecular weight is 352 g/mol. The van der Waals surface area contributed by atoms with Gasteiger partial charge in [-0.15, -0.1) is 0 Å². The van der Waals surface area contributed by atoms with Gasteiger partial charge in [0.1, 0.15) is 0 Å². The SMILES string of the molecule is Cc1nc(Cl)sc1S(=O)(=O)NCC(C)CN1CCCCC1. The number of thiazole rings is 1. The second kappa shape index (κ2) is 7.37. The van der Waals surface area contributed by atoms with Crippen molar-refractivity contribution >= 4 is 33.0 Å². The molecule has 120 valence electrons. The third-order valence-corrected chi connectivity index (χ3v) is 6.91. The molecule has 2 rings (SSSR count). The van der Waals surface area contributed by atoms with Crippen LogP contribution in [-0.2, 0) is 10.0 Å². The molecule has 0 radical (unpaired) electrons. The highest BCUT2D eigenvalue weighted by Crippen LogP contribution is 2.26. The minimum absolute atomic E-state index is 0.220. The lowest BCUT2D eigenvalue weighted by molar-refractivity contribution is 0.201. The summed E-state index contributed by atoms with van der Waals surface area (Å²) in [6.45, 7) is 7.36. The number of rotatable bonds is 6. The summed E-state index contributed by atoms with van der Waals surface area (Å²) in [7, 11) is -3.50. The monoisotopic (exact) mass is 351 g/mol. The molecule has 0 aliphatic carbocycles. The molecule has 2 heterocycles. The first kappa shape index (κ1) is 17.1. The lowest BCUT2D eigenvalue weighted by Crippen LogP contribution is -2.38.